The van der Waals surface area contributed by atoms with Crippen molar-refractivity contribution in [2.24, 2.45) is 5.92 Å². The first-order chi connectivity index (χ1) is 14.7. The van der Waals surface area contributed by atoms with Crippen molar-refractivity contribution >= 4 is 11.8 Å². The summed E-state index contributed by atoms with van der Waals surface area (Å²) < 4.78 is 33.8. The molecule has 1 fully saturated rings. The SMILES string of the molecule is CC(C)[C@@H]1CO[C@H]2Cn3cc(C(=O)NCc4ccc(F)cc4F)c(=O)c(O)c3C(=O)N21. The van der Waals surface area contributed by atoms with Crippen LogP contribution >= 0.6 is 0 Å². The van der Waals surface area contributed by atoms with Gasteiger partial charge < -0.3 is 24.6 Å². The molecular weight excluding hydrogens is 412 g/mol. The minimum absolute atomic E-state index is 0.0296. The number of ether oxygens (including phenoxy) is 1. The van der Waals surface area contributed by atoms with Crippen molar-refractivity contribution in [3.63, 3.8) is 0 Å². The average Bonchev–Trinajstić information content (AvgIpc) is 3.14. The number of nitrogens with one attached hydrogen (secondary N) is 1. The third-order valence-corrected chi connectivity index (χ3v) is 5.64. The first-order valence-corrected chi connectivity index (χ1v) is 9.81. The van der Waals surface area contributed by atoms with Crippen molar-refractivity contribution in [3.05, 3.63) is 63.1 Å². The van der Waals surface area contributed by atoms with Gasteiger partial charge in [-0.1, -0.05) is 19.9 Å². The van der Waals surface area contributed by atoms with Crippen molar-refractivity contribution in [2.45, 2.75) is 39.2 Å². The smallest absolute Gasteiger partial charge is 0.276 e. The molecule has 8 nitrogen and oxygen atoms in total. The van der Waals surface area contributed by atoms with Crippen molar-refractivity contribution in [2.75, 3.05) is 6.61 Å². The fourth-order valence-corrected chi connectivity index (χ4v) is 3.93. The Hall–Kier alpha value is -3.27. The number of carbonyl (C=O) groups is 2. The van der Waals surface area contributed by atoms with Crippen LogP contribution in [0.3, 0.4) is 0 Å². The Balaban J connectivity index is 1.62. The summed E-state index contributed by atoms with van der Waals surface area (Å²) in [5.41, 5.74) is -1.57. The number of pyridine rings is 1. The van der Waals surface area contributed by atoms with Crippen LogP contribution in [0.15, 0.2) is 29.2 Å². The number of carbonyl (C=O) groups excluding carboxylic acids is 2. The van der Waals surface area contributed by atoms with Crippen molar-refractivity contribution in [1.29, 1.82) is 0 Å². The molecule has 31 heavy (non-hydrogen) atoms. The number of aromatic nitrogens is 1. The highest BCUT2D eigenvalue weighted by Crippen LogP contribution is 2.32. The lowest BCUT2D eigenvalue weighted by atomic mass is 10.0. The Morgan fingerprint density at radius 3 is 2.74 bits per heavy atom. The van der Waals surface area contributed by atoms with Gasteiger partial charge in [0.15, 0.2) is 17.7 Å². The van der Waals surface area contributed by atoms with E-state index in [0.29, 0.717) is 12.7 Å². The standard InChI is InChI=1S/C21H21F2N3O5/c1-10(2)15-9-31-16-8-25-7-13(18(27)19(28)17(25)21(30)26(15)16)20(29)24-6-11-3-4-12(22)5-14(11)23/h3-5,7,10,15-16,28H,6,8-9H2,1-2H3,(H,24,29)/t15-,16-/m0/s1. The largest absolute Gasteiger partial charge is 0.503 e. The maximum absolute atomic E-state index is 13.8. The number of amides is 2. The maximum atomic E-state index is 13.8. The summed E-state index contributed by atoms with van der Waals surface area (Å²) in [5, 5.41) is 12.8. The molecule has 3 heterocycles. The molecule has 2 atom stereocenters. The Labute approximate surface area is 176 Å². The molecule has 2 aromatic rings. The molecule has 2 aliphatic heterocycles. The van der Waals surface area contributed by atoms with E-state index in [4.69, 9.17) is 4.74 Å². The van der Waals surface area contributed by atoms with Gasteiger partial charge in [0.25, 0.3) is 11.8 Å². The molecule has 0 spiro atoms. The van der Waals surface area contributed by atoms with Crippen molar-refractivity contribution in [3.8, 4) is 5.75 Å². The first kappa shape index (κ1) is 21.0. The average molecular weight is 433 g/mol. The van der Waals surface area contributed by atoms with Crippen LogP contribution in [-0.4, -0.2) is 45.3 Å². The van der Waals surface area contributed by atoms with E-state index in [1.807, 2.05) is 13.8 Å². The van der Waals surface area contributed by atoms with Crippen LogP contribution in [0.1, 0.15) is 40.3 Å². The number of benzene rings is 1. The summed E-state index contributed by atoms with van der Waals surface area (Å²) >= 11 is 0. The highest BCUT2D eigenvalue weighted by molar-refractivity contribution is 5.99. The molecule has 1 aromatic heterocycles. The normalized spacial score (nSPS) is 20.0. The van der Waals surface area contributed by atoms with Crippen molar-refractivity contribution in [1.82, 2.24) is 14.8 Å². The summed E-state index contributed by atoms with van der Waals surface area (Å²) in [6, 6.07) is 2.73. The van der Waals surface area contributed by atoms with Crippen LogP contribution < -0.4 is 10.7 Å². The highest BCUT2D eigenvalue weighted by atomic mass is 19.1. The monoisotopic (exact) mass is 433 g/mol. The van der Waals surface area contributed by atoms with Crippen LogP contribution in [-0.2, 0) is 17.8 Å². The van der Waals surface area contributed by atoms with Gasteiger partial charge in [0, 0.05) is 24.4 Å². The third kappa shape index (κ3) is 3.56. The second-order valence-electron chi connectivity index (χ2n) is 7.95. The van der Waals surface area contributed by atoms with Gasteiger partial charge in [-0.05, 0) is 12.0 Å². The number of nitrogens with zero attached hydrogens (tertiary/aromatic N) is 2. The molecular formula is C21H21F2N3O5. The van der Waals surface area contributed by atoms with Gasteiger partial charge in [0.1, 0.15) is 17.2 Å². The lowest BCUT2D eigenvalue weighted by molar-refractivity contribution is 0.00429. The predicted molar refractivity (Wildman–Crippen MR) is 104 cm³/mol. The summed E-state index contributed by atoms with van der Waals surface area (Å²) in [5.74, 6) is -3.69. The molecule has 4 rings (SSSR count). The van der Waals surface area contributed by atoms with E-state index in [1.54, 1.807) is 0 Å². The van der Waals surface area contributed by atoms with E-state index >= 15 is 0 Å². The van der Waals surface area contributed by atoms with Gasteiger partial charge >= 0.3 is 0 Å². The van der Waals surface area contributed by atoms with E-state index in [-0.39, 0.29) is 36.3 Å². The highest BCUT2D eigenvalue weighted by Gasteiger charge is 2.45. The summed E-state index contributed by atoms with van der Waals surface area (Å²) in [4.78, 5) is 39.7. The number of hydrogen-bond donors (Lipinski definition) is 2. The van der Waals surface area contributed by atoms with Gasteiger partial charge in [0.05, 0.1) is 19.2 Å². The van der Waals surface area contributed by atoms with Gasteiger partial charge in [-0.3, -0.25) is 14.4 Å². The molecule has 0 aliphatic carbocycles. The summed E-state index contributed by atoms with van der Waals surface area (Å²) in [6.45, 7) is 4.09. The maximum Gasteiger partial charge on any atom is 0.276 e. The second kappa shape index (κ2) is 7.77. The number of fused-ring (bicyclic) bond motifs is 2. The molecule has 0 radical (unpaired) electrons. The third-order valence-electron chi connectivity index (χ3n) is 5.64. The Kier molecular flexibility index (Phi) is 5.26. The predicted octanol–water partition coefficient (Wildman–Crippen LogP) is 1.60. The number of halogens is 2. The Bertz CT molecular complexity index is 1130. The minimum Gasteiger partial charge on any atom is -0.503 e. The van der Waals surface area contributed by atoms with Crippen LogP contribution in [0.2, 0.25) is 0 Å². The van der Waals surface area contributed by atoms with Crippen molar-refractivity contribution < 1.29 is 28.2 Å². The molecule has 164 valence electrons. The fraction of sp³-hybridized carbons (Fsp3) is 0.381. The minimum atomic E-state index is -1.00. The number of aromatic hydroxyl groups is 1. The lowest BCUT2D eigenvalue weighted by Gasteiger charge is -2.35. The topological polar surface area (TPSA) is 101 Å². The molecule has 2 N–H and O–H groups in total. The zero-order valence-corrected chi connectivity index (χ0v) is 16.9. The van der Waals surface area contributed by atoms with E-state index in [1.165, 1.54) is 21.7 Å². The second-order valence-corrected chi connectivity index (χ2v) is 7.95. The molecule has 1 saturated heterocycles. The zero-order chi connectivity index (χ0) is 22.4. The Morgan fingerprint density at radius 2 is 2.06 bits per heavy atom. The van der Waals surface area contributed by atoms with Gasteiger partial charge in [-0.15, -0.1) is 0 Å². The van der Waals surface area contributed by atoms with E-state index in [2.05, 4.69) is 5.32 Å². The van der Waals surface area contributed by atoms with Crippen LogP contribution in [0.5, 0.6) is 5.75 Å². The molecule has 0 saturated carbocycles. The lowest BCUT2D eigenvalue weighted by Crippen LogP contribution is -2.51. The molecule has 2 amide bonds. The van der Waals surface area contributed by atoms with Gasteiger partial charge in [-0.25, -0.2) is 8.78 Å². The van der Waals surface area contributed by atoms with Crippen LogP contribution in [0.25, 0.3) is 0 Å². The number of rotatable bonds is 4. The van der Waals surface area contributed by atoms with Crippen LogP contribution in [0, 0.1) is 17.6 Å². The van der Waals surface area contributed by atoms with Crippen LogP contribution in [0.4, 0.5) is 8.78 Å². The fourth-order valence-electron chi connectivity index (χ4n) is 3.93. The van der Waals surface area contributed by atoms with E-state index in [9.17, 15) is 28.3 Å². The van der Waals surface area contributed by atoms with Gasteiger partial charge in [0.2, 0.25) is 5.43 Å². The number of hydrogen-bond acceptors (Lipinski definition) is 5. The Morgan fingerprint density at radius 1 is 1.32 bits per heavy atom. The summed E-state index contributed by atoms with van der Waals surface area (Å²) in [6.07, 6.45) is 0.619. The molecule has 0 bridgehead atoms. The molecule has 0 unspecified atom stereocenters. The molecule has 1 aromatic carbocycles. The molecule has 2 aliphatic rings. The first-order valence-electron chi connectivity index (χ1n) is 9.81. The van der Waals surface area contributed by atoms with Gasteiger partial charge in [-0.2, -0.15) is 0 Å². The zero-order valence-electron chi connectivity index (χ0n) is 16.9. The summed E-state index contributed by atoms with van der Waals surface area (Å²) in [7, 11) is 0. The molecule has 10 heteroatoms. The van der Waals surface area contributed by atoms with E-state index in [0.717, 1.165) is 6.07 Å². The van der Waals surface area contributed by atoms with E-state index < -0.39 is 46.4 Å². The quantitative estimate of drug-likeness (QED) is 0.763.